The van der Waals surface area contributed by atoms with Crippen LogP contribution in [-0.4, -0.2) is 35.6 Å². The molecule has 0 aliphatic heterocycles. The largest absolute Gasteiger partial charge is 0.313 e. The van der Waals surface area contributed by atoms with Crippen molar-refractivity contribution in [3.63, 3.8) is 0 Å². The van der Waals surface area contributed by atoms with Crippen molar-refractivity contribution in [1.82, 2.24) is 15.2 Å². The van der Waals surface area contributed by atoms with E-state index in [1.807, 2.05) is 18.5 Å². The number of nitrogens with one attached hydrogen (secondary N) is 1. The first kappa shape index (κ1) is 13.1. The second-order valence-electron chi connectivity index (χ2n) is 4.69. The van der Waals surface area contributed by atoms with E-state index in [1.165, 1.54) is 5.56 Å². The molecule has 0 spiro atoms. The summed E-state index contributed by atoms with van der Waals surface area (Å²) in [5, 5.41) is 3.45. The van der Waals surface area contributed by atoms with Crippen LogP contribution < -0.4 is 5.32 Å². The van der Waals surface area contributed by atoms with Gasteiger partial charge in [0.15, 0.2) is 0 Å². The normalized spacial score (nSPS) is 13.4. The maximum absolute atomic E-state index is 4.13. The first-order chi connectivity index (χ1) is 7.59. The Morgan fingerprint density at radius 1 is 1.38 bits per heavy atom. The van der Waals surface area contributed by atoms with Crippen LogP contribution in [0.3, 0.4) is 0 Å². The van der Waals surface area contributed by atoms with Crippen molar-refractivity contribution in [3.8, 4) is 0 Å². The number of hydrogen-bond acceptors (Lipinski definition) is 3. The topological polar surface area (TPSA) is 28.2 Å². The lowest BCUT2D eigenvalue weighted by Crippen LogP contribution is -2.39. The molecule has 0 fully saturated rings. The molecule has 16 heavy (non-hydrogen) atoms. The molecule has 90 valence electrons. The SMILES string of the molecule is CC(C)NCC(C)N(C)Cc1cccnc1. The van der Waals surface area contributed by atoms with Gasteiger partial charge >= 0.3 is 0 Å². The molecular weight excluding hydrogens is 198 g/mol. The molecule has 1 atom stereocenters. The number of pyridine rings is 1. The molecule has 0 aliphatic rings. The number of hydrogen-bond donors (Lipinski definition) is 1. The van der Waals surface area contributed by atoms with E-state index < -0.39 is 0 Å². The number of rotatable bonds is 6. The molecule has 1 heterocycles. The monoisotopic (exact) mass is 221 g/mol. The van der Waals surface area contributed by atoms with E-state index in [9.17, 15) is 0 Å². The maximum Gasteiger partial charge on any atom is 0.0312 e. The molecule has 1 N–H and O–H groups in total. The van der Waals surface area contributed by atoms with Gasteiger partial charge in [-0.1, -0.05) is 19.9 Å². The Morgan fingerprint density at radius 2 is 2.12 bits per heavy atom. The Morgan fingerprint density at radius 3 is 2.69 bits per heavy atom. The van der Waals surface area contributed by atoms with Crippen LogP contribution in [0.2, 0.25) is 0 Å². The summed E-state index contributed by atoms with van der Waals surface area (Å²) in [5.74, 6) is 0. The van der Waals surface area contributed by atoms with E-state index in [4.69, 9.17) is 0 Å². The van der Waals surface area contributed by atoms with Crippen LogP contribution in [0.1, 0.15) is 26.3 Å². The average molecular weight is 221 g/mol. The second kappa shape index (κ2) is 6.61. The highest BCUT2D eigenvalue weighted by Crippen LogP contribution is 2.04. The van der Waals surface area contributed by atoms with Crippen LogP contribution >= 0.6 is 0 Å². The summed E-state index contributed by atoms with van der Waals surface area (Å²) in [7, 11) is 2.15. The third-order valence-corrected chi connectivity index (χ3v) is 2.73. The molecular formula is C13H23N3. The van der Waals surface area contributed by atoms with Crippen molar-refractivity contribution in [2.75, 3.05) is 13.6 Å². The van der Waals surface area contributed by atoms with E-state index in [0.717, 1.165) is 13.1 Å². The fourth-order valence-electron chi connectivity index (χ4n) is 1.50. The molecule has 0 amide bonds. The minimum absolute atomic E-state index is 0.530. The lowest BCUT2D eigenvalue weighted by molar-refractivity contribution is 0.239. The van der Waals surface area contributed by atoms with Gasteiger partial charge in [0.25, 0.3) is 0 Å². The summed E-state index contributed by atoms with van der Waals surface area (Å²) in [6, 6.07) is 5.18. The number of aromatic nitrogens is 1. The second-order valence-corrected chi connectivity index (χ2v) is 4.69. The van der Waals surface area contributed by atoms with Gasteiger partial charge in [-0.15, -0.1) is 0 Å². The summed E-state index contributed by atoms with van der Waals surface area (Å²) >= 11 is 0. The van der Waals surface area contributed by atoms with Crippen molar-refractivity contribution in [2.24, 2.45) is 0 Å². The molecule has 0 saturated carbocycles. The van der Waals surface area contributed by atoms with Crippen LogP contribution in [0.5, 0.6) is 0 Å². The molecule has 0 aromatic carbocycles. The van der Waals surface area contributed by atoms with Gasteiger partial charge in [0, 0.05) is 37.6 Å². The lowest BCUT2D eigenvalue weighted by Gasteiger charge is -2.25. The van der Waals surface area contributed by atoms with Gasteiger partial charge in [0.2, 0.25) is 0 Å². The average Bonchev–Trinajstić information content (AvgIpc) is 2.27. The lowest BCUT2D eigenvalue weighted by atomic mass is 10.2. The van der Waals surface area contributed by atoms with Crippen molar-refractivity contribution < 1.29 is 0 Å². The standard InChI is InChI=1S/C13H23N3/c1-11(2)15-8-12(3)16(4)10-13-6-5-7-14-9-13/h5-7,9,11-12,15H,8,10H2,1-4H3. The molecule has 1 aromatic heterocycles. The molecule has 3 nitrogen and oxygen atoms in total. The molecule has 1 rings (SSSR count). The predicted octanol–water partition coefficient (Wildman–Crippen LogP) is 1.90. The fourth-order valence-corrected chi connectivity index (χ4v) is 1.50. The van der Waals surface area contributed by atoms with Crippen molar-refractivity contribution in [2.45, 2.75) is 39.4 Å². The smallest absolute Gasteiger partial charge is 0.0312 e. The summed E-state index contributed by atoms with van der Waals surface area (Å²) in [6.07, 6.45) is 3.74. The summed E-state index contributed by atoms with van der Waals surface area (Å²) in [4.78, 5) is 6.47. The number of likely N-dealkylation sites (N-methyl/N-ethyl adjacent to an activating group) is 1. The molecule has 0 bridgehead atoms. The minimum atomic E-state index is 0.530. The molecule has 3 heteroatoms. The summed E-state index contributed by atoms with van der Waals surface area (Å²) in [6.45, 7) is 8.57. The third-order valence-electron chi connectivity index (χ3n) is 2.73. The fraction of sp³-hybridized carbons (Fsp3) is 0.615. The van der Waals surface area contributed by atoms with Gasteiger partial charge in [-0.25, -0.2) is 0 Å². The minimum Gasteiger partial charge on any atom is -0.313 e. The highest BCUT2D eigenvalue weighted by atomic mass is 15.1. The van der Waals surface area contributed by atoms with Gasteiger partial charge in [-0.3, -0.25) is 9.88 Å². The van der Waals surface area contributed by atoms with E-state index in [-0.39, 0.29) is 0 Å². The molecule has 1 aromatic rings. The quantitative estimate of drug-likeness (QED) is 0.795. The molecule has 1 unspecified atom stereocenters. The van der Waals surface area contributed by atoms with Gasteiger partial charge < -0.3 is 5.32 Å². The van der Waals surface area contributed by atoms with Crippen LogP contribution in [0.25, 0.3) is 0 Å². The van der Waals surface area contributed by atoms with E-state index in [0.29, 0.717) is 12.1 Å². The zero-order chi connectivity index (χ0) is 12.0. The Bertz CT molecular complexity index is 284. The van der Waals surface area contributed by atoms with Crippen LogP contribution in [0.15, 0.2) is 24.5 Å². The molecule has 0 saturated heterocycles. The van der Waals surface area contributed by atoms with E-state index >= 15 is 0 Å². The zero-order valence-corrected chi connectivity index (χ0v) is 10.8. The van der Waals surface area contributed by atoms with Gasteiger partial charge in [0.05, 0.1) is 0 Å². The zero-order valence-electron chi connectivity index (χ0n) is 10.8. The van der Waals surface area contributed by atoms with Crippen molar-refractivity contribution in [3.05, 3.63) is 30.1 Å². The van der Waals surface area contributed by atoms with Gasteiger partial charge in [-0.2, -0.15) is 0 Å². The van der Waals surface area contributed by atoms with Gasteiger partial charge in [-0.05, 0) is 25.6 Å². The highest BCUT2D eigenvalue weighted by molar-refractivity contribution is 5.08. The Labute approximate surface area is 98.9 Å². The van der Waals surface area contributed by atoms with Crippen LogP contribution in [0.4, 0.5) is 0 Å². The highest BCUT2D eigenvalue weighted by Gasteiger charge is 2.09. The van der Waals surface area contributed by atoms with Crippen LogP contribution in [0, 0.1) is 0 Å². The maximum atomic E-state index is 4.13. The Hall–Kier alpha value is -0.930. The first-order valence-corrected chi connectivity index (χ1v) is 5.92. The van der Waals surface area contributed by atoms with Crippen molar-refractivity contribution >= 4 is 0 Å². The van der Waals surface area contributed by atoms with E-state index in [2.05, 4.69) is 49.1 Å². The summed E-state index contributed by atoms with van der Waals surface area (Å²) in [5.41, 5.74) is 1.27. The molecule has 0 radical (unpaired) electrons. The Balaban J connectivity index is 2.37. The summed E-state index contributed by atoms with van der Waals surface area (Å²) < 4.78 is 0. The third kappa shape index (κ3) is 4.73. The van der Waals surface area contributed by atoms with Crippen LogP contribution in [-0.2, 0) is 6.54 Å². The van der Waals surface area contributed by atoms with Gasteiger partial charge in [0.1, 0.15) is 0 Å². The van der Waals surface area contributed by atoms with Crippen molar-refractivity contribution in [1.29, 1.82) is 0 Å². The predicted molar refractivity (Wildman–Crippen MR) is 68.3 cm³/mol. The Kier molecular flexibility index (Phi) is 5.43. The molecule has 0 aliphatic carbocycles. The first-order valence-electron chi connectivity index (χ1n) is 5.92. The number of nitrogens with zero attached hydrogens (tertiary/aromatic N) is 2. The van der Waals surface area contributed by atoms with E-state index in [1.54, 1.807) is 0 Å².